The summed E-state index contributed by atoms with van der Waals surface area (Å²) < 4.78 is 26.8. The van der Waals surface area contributed by atoms with Crippen molar-refractivity contribution in [3.05, 3.63) is 34.4 Å². The van der Waals surface area contributed by atoms with Crippen molar-refractivity contribution in [1.29, 1.82) is 0 Å². The average molecular weight is 249 g/mol. The molecule has 0 fully saturated rings. The molecule has 16 heavy (non-hydrogen) atoms. The number of hydrogen-bond acceptors (Lipinski definition) is 1. The molecule has 0 aliphatic rings. The molecule has 0 unspecified atom stereocenters. The standard InChI is InChI=1S/C11H11ClF2O2/c1-11(2,10(15)16)5-6-8(13)4-3-7(12)9(6)14/h3-4H,5H2,1-2H3,(H,15,16). The van der Waals surface area contributed by atoms with Crippen LogP contribution in [0.15, 0.2) is 12.1 Å². The quantitative estimate of drug-likeness (QED) is 0.834. The lowest BCUT2D eigenvalue weighted by Crippen LogP contribution is -2.27. The van der Waals surface area contributed by atoms with Gasteiger partial charge in [-0.25, -0.2) is 8.78 Å². The highest BCUT2D eigenvalue weighted by Crippen LogP contribution is 2.28. The summed E-state index contributed by atoms with van der Waals surface area (Å²) in [6.45, 7) is 2.80. The van der Waals surface area contributed by atoms with E-state index in [2.05, 4.69) is 0 Å². The van der Waals surface area contributed by atoms with E-state index in [1.54, 1.807) is 0 Å². The minimum absolute atomic E-state index is 0.211. The Hall–Kier alpha value is -1.16. The van der Waals surface area contributed by atoms with E-state index < -0.39 is 23.0 Å². The lowest BCUT2D eigenvalue weighted by Gasteiger charge is -2.19. The molecular formula is C11H11ClF2O2. The number of benzene rings is 1. The summed E-state index contributed by atoms with van der Waals surface area (Å²) in [7, 11) is 0. The van der Waals surface area contributed by atoms with Gasteiger partial charge in [0.05, 0.1) is 10.4 Å². The zero-order valence-corrected chi connectivity index (χ0v) is 9.61. The second-order valence-electron chi connectivity index (χ2n) is 4.19. The Morgan fingerprint density at radius 3 is 2.50 bits per heavy atom. The first-order valence-electron chi connectivity index (χ1n) is 4.61. The lowest BCUT2D eigenvalue weighted by molar-refractivity contribution is -0.146. The minimum atomic E-state index is -1.24. The molecule has 1 N–H and O–H groups in total. The summed E-state index contributed by atoms with van der Waals surface area (Å²) in [5.74, 6) is -2.79. The summed E-state index contributed by atoms with van der Waals surface area (Å²) in [4.78, 5) is 10.9. The van der Waals surface area contributed by atoms with Gasteiger partial charge in [-0.3, -0.25) is 4.79 Å². The highest BCUT2D eigenvalue weighted by molar-refractivity contribution is 6.30. The molecule has 2 nitrogen and oxygen atoms in total. The average Bonchev–Trinajstić information content (AvgIpc) is 2.18. The highest BCUT2D eigenvalue weighted by Gasteiger charge is 2.30. The molecule has 0 bridgehead atoms. The molecule has 0 amide bonds. The minimum Gasteiger partial charge on any atom is -0.481 e. The molecule has 0 aliphatic carbocycles. The maximum absolute atomic E-state index is 13.5. The molecule has 0 atom stereocenters. The molecular weight excluding hydrogens is 238 g/mol. The monoisotopic (exact) mass is 248 g/mol. The largest absolute Gasteiger partial charge is 0.481 e. The first kappa shape index (κ1) is 12.9. The van der Waals surface area contributed by atoms with Crippen LogP contribution in [-0.2, 0) is 11.2 Å². The van der Waals surface area contributed by atoms with Crippen LogP contribution in [0.2, 0.25) is 5.02 Å². The van der Waals surface area contributed by atoms with Crippen LogP contribution in [0.1, 0.15) is 19.4 Å². The van der Waals surface area contributed by atoms with Crippen LogP contribution in [0.25, 0.3) is 0 Å². The van der Waals surface area contributed by atoms with Gasteiger partial charge in [0.25, 0.3) is 0 Å². The van der Waals surface area contributed by atoms with Gasteiger partial charge in [0.1, 0.15) is 11.6 Å². The number of carboxylic acids is 1. The van der Waals surface area contributed by atoms with E-state index >= 15 is 0 Å². The van der Waals surface area contributed by atoms with E-state index in [0.29, 0.717) is 0 Å². The summed E-state index contributed by atoms with van der Waals surface area (Å²) in [5, 5.41) is 8.67. The Kier molecular flexibility index (Phi) is 3.53. The number of carbonyl (C=O) groups is 1. The number of halogens is 3. The van der Waals surface area contributed by atoms with E-state index in [-0.39, 0.29) is 17.0 Å². The highest BCUT2D eigenvalue weighted by atomic mass is 35.5. The molecule has 88 valence electrons. The maximum atomic E-state index is 13.5. The Morgan fingerprint density at radius 2 is 2.00 bits per heavy atom. The van der Waals surface area contributed by atoms with Crippen molar-refractivity contribution in [2.75, 3.05) is 0 Å². The van der Waals surface area contributed by atoms with Crippen LogP contribution in [0.5, 0.6) is 0 Å². The number of hydrogen-bond donors (Lipinski definition) is 1. The lowest BCUT2D eigenvalue weighted by atomic mass is 9.85. The second kappa shape index (κ2) is 4.37. The van der Waals surface area contributed by atoms with E-state index in [1.165, 1.54) is 13.8 Å². The van der Waals surface area contributed by atoms with Gasteiger partial charge in [-0.1, -0.05) is 11.6 Å². The summed E-state index contributed by atoms with van der Waals surface area (Å²) >= 11 is 5.51. The van der Waals surface area contributed by atoms with Crippen LogP contribution in [-0.4, -0.2) is 11.1 Å². The first-order chi connectivity index (χ1) is 7.25. The third kappa shape index (κ3) is 2.50. The molecule has 0 aliphatic heterocycles. The van der Waals surface area contributed by atoms with Crippen molar-refractivity contribution < 1.29 is 18.7 Å². The van der Waals surface area contributed by atoms with Gasteiger partial charge < -0.3 is 5.11 Å². The molecule has 0 aromatic heterocycles. The normalized spacial score (nSPS) is 11.6. The zero-order chi connectivity index (χ0) is 12.5. The van der Waals surface area contributed by atoms with Gasteiger partial charge in [-0.2, -0.15) is 0 Å². The third-order valence-electron chi connectivity index (χ3n) is 2.34. The fourth-order valence-electron chi connectivity index (χ4n) is 1.25. The van der Waals surface area contributed by atoms with Gasteiger partial charge in [0.15, 0.2) is 0 Å². The van der Waals surface area contributed by atoms with Crippen molar-refractivity contribution in [2.45, 2.75) is 20.3 Å². The van der Waals surface area contributed by atoms with Crippen LogP contribution < -0.4 is 0 Å². The fourth-order valence-corrected chi connectivity index (χ4v) is 1.43. The molecule has 5 heteroatoms. The number of rotatable bonds is 3. The Morgan fingerprint density at radius 1 is 1.44 bits per heavy atom. The van der Waals surface area contributed by atoms with Crippen molar-refractivity contribution in [2.24, 2.45) is 5.41 Å². The van der Waals surface area contributed by atoms with Crippen molar-refractivity contribution in [1.82, 2.24) is 0 Å². The Balaban J connectivity index is 3.15. The number of aliphatic carboxylic acids is 1. The molecule has 0 spiro atoms. The molecule has 1 aromatic carbocycles. The van der Waals surface area contributed by atoms with Crippen molar-refractivity contribution in [3.63, 3.8) is 0 Å². The van der Waals surface area contributed by atoms with Gasteiger partial charge >= 0.3 is 5.97 Å². The van der Waals surface area contributed by atoms with Crippen LogP contribution in [0, 0.1) is 17.0 Å². The first-order valence-corrected chi connectivity index (χ1v) is 4.99. The summed E-state index contributed by atoms with van der Waals surface area (Å²) in [5.41, 5.74) is -1.54. The SMILES string of the molecule is CC(C)(Cc1c(F)ccc(Cl)c1F)C(=O)O. The zero-order valence-electron chi connectivity index (χ0n) is 8.85. The van der Waals surface area contributed by atoms with Gasteiger partial charge in [-0.05, 0) is 32.4 Å². The second-order valence-corrected chi connectivity index (χ2v) is 4.59. The van der Waals surface area contributed by atoms with Crippen LogP contribution >= 0.6 is 11.6 Å². The fraction of sp³-hybridized carbons (Fsp3) is 0.364. The molecule has 1 rings (SSSR count). The Labute approximate surface area is 96.8 Å². The Bertz CT molecular complexity index is 430. The molecule has 0 heterocycles. The smallest absolute Gasteiger partial charge is 0.309 e. The summed E-state index contributed by atoms with van der Waals surface area (Å²) in [6, 6.07) is 2.13. The third-order valence-corrected chi connectivity index (χ3v) is 2.63. The topological polar surface area (TPSA) is 37.3 Å². The van der Waals surface area contributed by atoms with Gasteiger partial charge in [-0.15, -0.1) is 0 Å². The number of carboxylic acid groups (broad SMARTS) is 1. The molecule has 0 radical (unpaired) electrons. The van der Waals surface area contributed by atoms with Crippen molar-refractivity contribution in [3.8, 4) is 0 Å². The maximum Gasteiger partial charge on any atom is 0.309 e. The van der Waals surface area contributed by atoms with E-state index in [0.717, 1.165) is 12.1 Å². The van der Waals surface area contributed by atoms with Crippen molar-refractivity contribution >= 4 is 17.6 Å². The predicted octanol–water partition coefficient (Wildman–Crippen LogP) is 3.27. The van der Waals surface area contributed by atoms with Crippen LogP contribution in [0.3, 0.4) is 0 Å². The van der Waals surface area contributed by atoms with E-state index in [9.17, 15) is 13.6 Å². The van der Waals surface area contributed by atoms with E-state index in [1.807, 2.05) is 0 Å². The molecule has 0 saturated heterocycles. The van der Waals surface area contributed by atoms with Gasteiger partial charge in [0.2, 0.25) is 0 Å². The summed E-state index contributed by atoms with van der Waals surface area (Å²) in [6.07, 6.45) is -0.249. The predicted molar refractivity (Wildman–Crippen MR) is 56.5 cm³/mol. The molecule has 0 saturated carbocycles. The van der Waals surface area contributed by atoms with Gasteiger partial charge in [0, 0.05) is 5.56 Å². The molecule has 1 aromatic rings. The van der Waals surface area contributed by atoms with E-state index in [4.69, 9.17) is 16.7 Å². The van der Waals surface area contributed by atoms with Crippen LogP contribution in [0.4, 0.5) is 8.78 Å².